The molecule has 0 amide bonds. The zero-order valence-corrected chi connectivity index (χ0v) is 15.6. The topological polar surface area (TPSA) is 18.1 Å². The third kappa shape index (κ3) is 4.00. The lowest BCUT2D eigenvalue weighted by atomic mass is 9.86. The molecule has 3 heteroatoms. The highest BCUT2D eigenvalue weighted by molar-refractivity contribution is 5.48. The Hall–Kier alpha value is -2.38. The molecule has 0 spiro atoms. The molecule has 0 radical (unpaired) electrons. The van der Waals surface area contributed by atoms with Crippen molar-refractivity contribution in [3.05, 3.63) is 72.3 Å². The van der Waals surface area contributed by atoms with Crippen LogP contribution in [0.4, 0.5) is 11.4 Å². The van der Waals surface area contributed by atoms with Gasteiger partial charge in [0, 0.05) is 11.1 Å². The van der Waals surface area contributed by atoms with Crippen molar-refractivity contribution in [3.8, 4) is 12.3 Å². The minimum Gasteiger partial charge on any atom is -0.350 e. The van der Waals surface area contributed by atoms with Crippen molar-refractivity contribution in [1.82, 2.24) is 0 Å². The van der Waals surface area contributed by atoms with Crippen LogP contribution in [0, 0.1) is 12.3 Å². The molecule has 0 bridgehead atoms. The van der Waals surface area contributed by atoms with E-state index in [2.05, 4.69) is 89.2 Å². The molecule has 0 aliphatic carbocycles. The van der Waals surface area contributed by atoms with Gasteiger partial charge in [0.2, 0.25) is 0 Å². The summed E-state index contributed by atoms with van der Waals surface area (Å²) in [6.45, 7) is 4.14. The fraction of sp³-hybridized carbons (Fsp3) is 0.273. The molecule has 0 aliphatic heterocycles. The van der Waals surface area contributed by atoms with E-state index in [4.69, 9.17) is 11.2 Å². The Morgan fingerprint density at radius 3 is 1.60 bits per heavy atom. The van der Waals surface area contributed by atoms with Crippen LogP contribution in [-0.2, 0) is 10.3 Å². The normalized spacial score (nSPS) is 11.6. The first-order valence-corrected chi connectivity index (χ1v) is 8.49. The Bertz CT molecular complexity index is 686. The fourth-order valence-electron chi connectivity index (χ4n) is 2.80. The molecular weight excluding hydrogens is 308 g/mol. The number of hydrogen-bond donors (Lipinski definition) is 2. The predicted octanol–water partition coefficient (Wildman–Crippen LogP) is 1.32. The van der Waals surface area contributed by atoms with E-state index in [-0.39, 0.29) is 0 Å². The van der Waals surface area contributed by atoms with Gasteiger partial charge in [-0.05, 0) is 48.5 Å². The van der Waals surface area contributed by atoms with Crippen LogP contribution in [0.15, 0.2) is 61.2 Å². The van der Waals surface area contributed by atoms with Crippen molar-refractivity contribution in [3.63, 3.8) is 0 Å². The van der Waals surface area contributed by atoms with E-state index < -0.39 is 5.60 Å². The van der Waals surface area contributed by atoms with Gasteiger partial charge in [-0.2, -0.15) is 0 Å². The molecule has 2 rings (SSSR count). The molecule has 2 aromatic carbocycles. The van der Waals surface area contributed by atoms with Gasteiger partial charge in [-0.15, -0.1) is 13.0 Å². The first kappa shape index (κ1) is 19.0. The summed E-state index contributed by atoms with van der Waals surface area (Å²) < 4.78 is 6.13. The van der Waals surface area contributed by atoms with Gasteiger partial charge in [-0.25, -0.2) is 0 Å². The number of rotatable bonds is 7. The summed E-state index contributed by atoms with van der Waals surface area (Å²) >= 11 is 0. The van der Waals surface area contributed by atoms with Crippen LogP contribution in [0.2, 0.25) is 0 Å². The molecule has 0 unspecified atom stereocenters. The van der Waals surface area contributed by atoms with Crippen molar-refractivity contribution in [2.24, 2.45) is 0 Å². The van der Waals surface area contributed by atoms with E-state index >= 15 is 0 Å². The number of hydrogen-bond acceptors (Lipinski definition) is 1. The molecule has 2 aromatic rings. The summed E-state index contributed by atoms with van der Waals surface area (Å²) in [6.07, 6.45) is 7.71. The maximum atomic E-state index is 6.13. The summed E-state index contributed by atoms with van der Waals surface area (Å²) in [4.78, 5) is 2.53. The van der Waals surface area contributed by atoms with E-state index in [9.17, 15) is 0 Å². The van der Waals surface area contributed by atoms with Crippen molar-refractivity contribution < 1.29 is 14.5 Å². The van der Waals surface area contributed by atoms with Crippen molar-refractivity contribution in [2.45, 2.75) is 5.60 Å². The van der Waals surface area contributed by atoms with E-state index in [0.717, 1.165) is 11.1 Å². The minimum atomic E-state index is -0.922. The van der Waals surface area contributed by atoms with E-state index in [1.807, 2.05) is 0 Å². The maximum absolute atomic E-state index is 6.13. The lowest BCUT2D eigenvalue weighted by Gasteiger charge is -2.30. The molecule has 130 valence electrons. The fourth-order valence-corrected chi connectivity index (χ4v) is 2.80. The lowest BCUT2D eigenvalue weighted by Crippen LogP contribution is -3.00. The molecule has 0 fully saturated rings. The maximum Gasteiger partial charge on any atom is 0.179 e. The Morgan fingerprint density at radius 1 is 0.920 bits per heavy atom. The molecule has 3 nitrogen and oxygen atoms in total. The second-order valence-electron chi connectivity index (χ2n) is 6.58. The number of nitrogens with one attached hydrogen (secondary N) is 2. The van der Waals surface area contributed by atoms with Gasteiger partial charge in [-0.1, -0.05) is 12.0 Å². The zero-order chi connectivity index (χ0) is 18.4. The molecule has 0 heterocycles. The molecule has 0 aliphatic rings. The number of quaternary nitrogens is 2. The van der Waals surface area contributed by atoms with Crippen LogP contribution >= 0.6 is 0 Å². The smallest absolute Gasteiger partial charge is 0.179 e. The quantitative estimate of drug-likeness (QED) is 0.576. The van der Waals surface area contributed by atoms with Gasteiger partial charge < -0.3 is 14.5 Å². The van der Waals surface area contributed by atoms with E-state index in [0.29, 0.717) is 6.61 Å². The molecule has 25 heavy (non-hydrogen) atoms. The molecule has 0 atom stereocenters. The van der Waals surface area contributed by atoms with Crippen molar-refractivity contribution in [2.75, 3.05) is 34.8 Å². The second-order valence-corrected chi connectivity index (χ2v) is 6.58. The summed E-state index contributed by atoms with van der Waals surface area (Å²) in [5.41, 5.74) is 3.38. The second kappa shape index (κ2) is 8.13. The Labute approximate surface area is 151 Å². The predicted molar refractivity (Wildman–Crippen MR) is 104 cm³/mol. The Kier molecular flexibility index (Phi) is 6.17. The first-order chi connectivity index (χ1) is 11.9. The lowest BCUT2D eigenvalue weighted by molar-refractivity contribution is -0.786. The first-order valence-electron chi connectivity index (χ1n) is 8.49. The largest absolute Gasteiger partial charge is 0.350 e. The van der Waals surface area contributed by atoms with Crippen molar-refractivity contribution in [1.29, 1.82) is 0 Å². The molecule has 0 saturated carbocycles. The van der Waals surface area contributed by atoms with Gasteiger partial charge in [0.05, 0.1) is 34.8 Å². The zero-order valence-electron chi connectivity index (χ0n) is 15.6. The summed E-state index contributed by atoms with van der Waals surface area (Å²) in [5.74, 6) is 2.90. The molecule has 0 aromatic heterocycles. The SMILES string of the molecule is C#CC(OCC=C)(c1ccc([NH+](C)C)cc1)c1ccc([NH+](C)C)cc1. The van der Waals surface area contributed by atoms with Gasteiger partial charge in [-0.3, -0.25) is 0 Å². The highest BCUT2D eigenvalue weighted by Gasteiger charge is 2.33. The highest BCUT2D eigenvalue weighted by Crippen LogP contribution is 2.34. The van der Waals surface area contributed by atoms with Crippen LogP contribution in [0.1, 0.15) is 11.1 Å². The third-order valence-corrected chi connectivity index (χ3v) is 4.36. The molecule has 0 saturated heterocycles. The van der Waals surface area contributed by atoms with Crippen molar-refractivity contribution >= 4 is 11.4 Å². The van der Waals surface area contributed by atoms with E-state index in [1.54, 1.807) is 6.08 Å². The summed E-state index contributed by atoms with van der Waals surface area (Å²) in [5, 5.41) is 0. The van der Waals surface area contributed by atoms with Crippen LogP contribution in [-0.4, -0.2) is 34.8 Å². The summed E-state index contributed by atoms with van der Waals surface area (Å²) in [6, 6.07) is 16.6. The third-order valence-electron chi connectivity index (χ3n) is 4.36. The number of terminal acetylenes is 1. The average Bonchev–Trinajstić information content (AvgIpc) is 2.63. The average molecular weight is 336 g/mol. The Morgan fingerprint density at radius 2 is 1.32 bits per heavy atom. The Balaban J connectivity index is 2.53. The number of benzene rings is 2. The van der Waals surface area contributed by atoms with Gasteiger partial charge in [0.25, 0.3) is 0 Å². The van der Waals surface area contributed by atoms with Crippen LogP contribution in [0.3, 0.4) is 0 Å². The van der Waals surface area contributed by atoms with Gasteiger partial charge >= 0.3 is 0 Å². The monoisotopic (exact) mass is 336 g/mol. The highest BCUT2D eigenvalue weighted by atomic mass is 16.5. The minimum absolute atomic E-state index is 0.381. The standard InChI is InChI=1S/C22H26N2O/c1-7-17-25-22(8-2,18-9-13-20(14-10-18)23(3)4)19-11-15-21(16-12-19)24(5)6/h2,7,9-16H,1,17H2,3-6H3/p+2. The van der Waals surface area contributed by atoms with Crippen LogP contribution in [0.5, 0.6) is 0 Å². The van der Waals surface area contributed by atoms with Gasteiger partial charge in [0.1, 0.15) is 11.4 Å². The molecular formula is C22H28N2O+2. The van der Waals surface area contributed by atoms with Crippen LogP contribution in [0.25, 0.3) is 0 Å². The number of ether oxygens (including phenoxy) is 1. The molecule has 2 N–H and O–H groups in total. The van der Waals surface area contributed by atoms with E-state index in [1.165, 1.54) is 21.2 Å². The van der Waals surface area contributed by atoms with Crippen LogP contribution < -0.4 is 9.80 Å². The summed E-state index contributed by atoms with van der Waals surface area (Å²) in [7, 11) is 8.39. The van der Waals surface area contributed by atoms with Gasteiger partial charge in [0.15, 0.2) is 5.60 Å².